The minimum atomic E-state index is -0.159. The van der Waals surface area contributed by atoms with E-state index in [1.165, 1.54) is 0 Å². The molecular weight excluding hydrogens is 346 g/mol. The second-order valence-electron chi connectivity index (χ2n) is 7.17. The van der Waals surface area contributed by atoms with Crippen molar-refractivity contribution in [1.29, 1.82) is 0 Å². The first-order chi connectivity index (χ1) is 12.8. The van der Waals surface area contributed by atoms with Gasteiger partial charge in [0.15, 0.2) is 0 Å². The first kappa shape index (κ1) is 21.2. The molecule has 1 aromatic rings. The average Bonchev–Trinajstić information content (AvgIpc) is 2.67. The highest BCUT2D eigenvalue weighted by molar-refractivity contribution is 5.99. The van der Waals surface area contributed by atoms with Gasteiger partial charge in [-0.25, -0.2) is 0 Å². The van der Waals surface area contributed by atoms with Crippen LogP contribution in [0.3, 0.4) is 0 Å². The summed E-state index contributed by atoms with van der Waals surface area (Å²) in [7, 11) is 3.42. The molecule has 0 fully saturated rings. The third-order valence-electron chi connectivity index (χ3n) is 4.83. The van der Waals surface area contributed by atoms with E-state index in [1.807, 2.05) is 6.92 Å². The van der Waals surface area contributed by atoms with E-state index in [0.717, 1.165) is 6.54 Å². The number of methoxy groups -OCH3 is 1. The van der Waals surface area contributed by atoms with Crippen LogP contribution in [0, 0.1) is 5.92 Å². The molecule has 0 aromatic heterocycles. The van der Waals surface area contributed by atoms with Gasteiger partial charge < -0.3 is 25.0 Å². The van der Waals surface area contributed by atoms with Gasteiger partial charge in [-0.2, -0.15) is 0 Å². The number of fused-ring (bicyclic) bond motifs is 1. The Labute approximate surface area is 161 Å². The molecule has 0 saturated carbocycles. The van der Waals surface area contributed by atoms with Crippen molar-refractivity contribution in [2.24, 2.45) is 5.92 Å². The summed E-state index contributed by atoms with van der Waals surface area (Å²) in [6.45, 7) is 7.62. The van der Waals surface area contributed by atoms with Crippen LogP contribution in [0.2, 0.25) is 0 Å². The van der Waals surface area contributed by atoms with E-state index in [2.05, 4.69) is 17.6 Å². The number of nitrogens with zero attached hydrogens (tertiary/aromatic N) is 1. The quantitative estimate of drug-likeness (QED) is 0.844. The summed E-state index contributed by atoms with van der Waals surface area (Å²) in [6.07, 6.45) is 0.295. The van der Waals surface area contributed by atoms with E-state index in [-0.39, 0.29) is 29.9 Å². The molecule has 0 radical (unpaired) electrons. The molecule has 1 aromatic carbocycles. The molecule has 0 bridgehead atoms. The molecular formula is C20H31N3O4. The maximum absolute atomic E-state index is 13.1. The zero-order valence-corrected chi connectivity index (χ0v) is 16.9. The Balaban J connectivity index is 2.35. The zero-order chi connectivity index (χ0) is 20.0. The number of ether oxygens (including phenoxy) is 2. The Morgan fingerprint density at radius 1 is 1.41 bits per heavy atom. The van der Waals surface area contributed by atoms with Gasteiger partial charge in [0.05, 0.1) is 11.7 Å². The van der Waals surface area contributed by atoms with Gasteiger partial charge in [-0.3, -0.25) is 9.59 Å². The maximum atomic E-state index is 13.1. The van der Waals surface area contributed by atoms with Crippen molar-refractivity contribution < 1.29 is 19.1 Å². The van der Waals surface area contributed by atoms with Crippen LogP contribution in [-0.2, 0) is 9.53 Å². The highest BCUT2D eigenvalue weighted by Gasteiger charge is 2.25. The van der Waals surface area contributed by atoms with Gasteiger partial charge in [0.1, 0.15) is 12.4 Å². The largest absolute Gasteiger partial charge is 0.491 e. The van der Waals surface area contributed by atoms with Crippen LogP contribution in [0.1, 0.15) is 37.6 Å². The Kier molecular flexibility index (Phi) is 7.62. The highest BCUT2D eigenvalue weighted by Crippen LogP contribution is 2.25. The topological polar surface area (TPSA) is 79.9 Å². The van der Waals surface area contributed by atoms with E-state index in [9.17, 15) is 9.59 Å². The lowest BCUT2D eigenvalue weighted by Crippen LogP contribution is -2.44. The van der Waals surface area contributed by atoms with Crippen LogP contribution >= 0.6 is 0 Å². The molecule has 1 aliphatic heterocycles. The van der Waals surface area contributed by atoms with Gasteiger partial charge in [-0.1, -0.05) is 13.8 Å². The van der Waals surface area contributed by atoms with E-state index in [4.69, 9.17) is 9.47 Å². The predicted molar refractivity (Wildman–Crippen MR) is 105 cm³/mol. The van der Waals surface area contributed by atoms with Crippen LogP contribution in [0.5, 0.6) is 5.75 Å². The summed E-state index contributed by atoms with van der Waals surface area (Å²) in [5, 5.41) is 6.25. The van der Waals surface area contributed by atoms with Crippen molar-refractivity contribution >= 4 is 17.5 Å². The number of amides is 2. The average molecular weight is 377 g/mol. The lowest BCUT2D eigenvalue weighted by atomic mass is 10.0. The number of nitrogens with one attached hydrogen (secondary N) is 2. The predicted octanol–water partition coefficient (Wildman–Crippen LogP) is 2.13. The Bertz CT molecular complexity index is 665. The number of anilines is 1. The minimum absolute atomic E-state index is 0.0783. The van der Waals surface area contributed by atoms with Gasteiger partial charge in [0.25, 0.3) is 5.91 Å². The van der Waals surface area contributed by atoms with Gasteiger partial charge in [-0.15, -0.1) is 0 Å². The van der Waals surface area contributed by atoms with Crippen molar-refractivity contribution in [3.63, 3.8) is 0 Å². The van der Waals surface area contributed by atoms with Crippen molar-refractivity contribution in [1.82, 2.24) is 10.2 Å². The van der Waals surface area contributed by atoms with Gasteiger partial charge in [0.2, 0.25) is 5.91 Å². The molecule has 1 heterocycles. The lowest BCUT2D eigenvalue weighted by Gasteiger charge is -2.30. The molecule has 0 saturated heterocycles. The van der Waals surface area contributed by atoms with Gasteiger partial charge in [0, 0.05) is 45.4 Å². The number of hydrogen-bond donors (Lipinski definition) is 2. The van der Waals surface area contributed by atoms with Crippen LogP contribution < -0.4 is 15.4 Å². The number of benzene rings is 1. The van der Waals surface area contributed by atoms with E-state index < -0.39 is 0 Å². The molecule has 1 aliphatic rings. The van der Waals surface area contributed by atoms with Gasteiger partial charge in [-0.05, 0) is 31.0 Å². The van der Waals surface area contributed by atoms with E-state index >= 15 is 0 Å². The summed E-state index contributed by atoms with van der Waals surface area (Å²) in [5.41, 5.74) is 1.02. The molecule has 3 atom stereocenters. The van der Waals surface area contributed by atoms with Crippen LogP contribution in [0.4, 0.5) is 5.69 Å². The standard InChI is InChI=1S/C20H31N3O4/c1-6-19(24)22-15-7-8-17-16(9-15)20(25)23(4)11-18(26-5)13(2)10-21-14(3)12-27-17/h7-9,13-14,18,21H,6,10-12H2,1-5H3,(H,22,24)/t13-,14-,18-/m1/s1. The second kappa shape index (κ2) is 9.71. The van der Waals surface area contributed by atoms with Crippen molar-refractivity contribution in [2.75, 3.05) is 39.2 Å². The Morgan fingerprint density at radius 2 is 2.15 bits per heavy atom. The number of carbonyl (C=O) groups is 2. The zero-order valence-electron chi connectivity index (χ0n) is 16.9. The Morgan fingerprint density at radius 3 is 2.81 bits per heavy atom. The minimum Gasteiger partial charge on any atom is -0.491 e. The lowest BCUT2D eigenvalue weighted by molar-refractivity contribution is -0.115. The number of hydrogen-bond acceptors (Lipinski definition) is 5. The van der Waals surface area contributed by atoms with Crippen LogP contribution in [0.25, 0.3) is 0 Å². The molecule has 7 nitrogen and oxygen atoms in total. The molecule has 150 valence electrons. The fraction of sp³-hybridized carbons (Fsp3) is 0.600. The first-order valence-electron chi connectivity index (χ1n) is 9.44. The molecule has 27 heavy (non-hydrogen) atoms. The molecule has 2 N–H and O–H groups in total. The molecule has 0 unspecified atom stereocenters. The van der Waals surface area contributed by atoms with Crippen LogP contribution in [-0.4, -0.2) is 62.7 Å². The molecule has 0 spiro atoms. The van der Waals surface area contributed by atoms with Gasteiger partial charge >= 0.3 is 0 Å². The summed E-state index contributed by atoms with van der Waals surface area (Å²) in [5.74, 6) is 0.489. The fourth-order valence-electron chi connectivity index (χ4n) is 2.99. The smallest absolute Gasteiger partial charge is 0.257 e. The fourth-order valence-corrected chi connectivity index (χ4v) is 2.99. The maximum Gasteiger partial charge on any atom is 0.257 e. The second-order valence-corrected chi connectivity index (χ2v) is 7.17. The van der Waals surface area contributed by atoms with Crippen molar-refractivity contribution in [3.05, 3.63) is 23.8 Å². The van der Waals surface area contributed by atoms with Crippen LogP contribution in [0.15, 0.2) is 18.2 Å². The van der Waals surface area contributed by atoms with Crippen molar-refractivity contribution in [3.8, 4) is 5.75 Å². The number of rotatable bonds is 3. The van der Waals surface area contributed by atoms with Crippen molar-refractivity contribution in [2.45, 2.75) is 39.3 Å². The summed E-state index contributed by atoms with van der Waals surface area (Å²) in [4.78, 5) is 26.4. The third kappa shape index (κ3) is 5.68. The SMILES string of the molecule is CCC(=O)Nc1ccc2c(c1)C(=O)N(C)C[C@@H](OC)[C@H](C)CN[C@H](C)CO2. The highest BCUT2D eigenvalue weighted by atomic mass is 16.5. The first-order valence-corrected chi connectivity index (χ1v) is 9.44. The molecule has 2 amide bonds. The number of likely N-dealkylation sites (N-methyl/N-ethyl adjacent to an activating group) is 1. The monoisotopic (exact) mass is 377 g/mol. The normalized spacial score (nSPS) is 24.3. The summed E-state index contributed by atoms with van der Waals surface area (Å²) < 4.78 is 11.5. The summed E-state index contributed by atoms with van der Waals surface area (Å²) in [6, 6.07) is 5.30. The molecule has 0 aliphatic carbocycles. The Hall–Kier alpha value is -2.12. The molecule has 7 heteroatoms. The number of carbonyl (C=O) groups excluding carboxylic acids is 2. The summed E-state index contributed by atoms with van der Waals surface area (Å²) >= 11 is 0. The van der Waals surface area contributed by atoms with E-state index in [0.29, 0.717) is 36.6 Å². The third-order valence-corrected chi connectivity index (χ3v) is 4.83. The van der Waals surface area contributed by atoms with E-state index in [1.54, 1.807) is 44.2 Å². The molecule has 2 rings (SSSR count).